The predicted molar refractivity (Wildman–Crippen MR) is 96.0 cm³/mol. The van der Waals surface area contributed by atoms with Crippen LogP contribution in [0, 0.1) is 0 Å². The van der Waals surface area contributed by atoms with Gasteiger partial charge in [0.1, 0.15) is 12.7 Å². The molecule has 0 saturated heterocycles. The van der Waals surface area contributed by atoms with Gasteiger partial charge in [0, 0.05) is 0 Å². The van der Waals surface area contributed by atoms with Crippen molar-refractivity contribution in [2.75, 3.05) is 0 Å². The molecule has 1 N–H and O–H groups in total. The average molecular weight is 431 g/mol. The molecule has 0 bridgehead atoms. The number of hydrogen-bond donors (Lipinski definition) is 1. The Bertz CT molecular complexity index is 1040. The third kappa shape index (κ3) is 4.70. The van der Waals surface area contributed by atoms with Crippen molar-refractivity contribution < 1.29 is 21.6 Å². The summed E-state index contributed by atoms with van der Waals surface area (Å²) in [5.41, 5.74) is -0.601. The largest absolute Gasteiger partial charge is 0.417 e. The molecule has 6 nitrogen and oxygen atoms in total. The summed E-state index contributed by atoms with van der Waals surface area (Å²) in [5.74, 6) is 0. The summed E-state index contributed by atoms with van der Waals surface area (Å²) < 4.78 is 68.6. The van der Waals surface area contributed by atoms with Crippen LogP contribution >= 0.6 is 11.6 Å². The zero-order chi connectivity index (χ0) is 20.4. The van der Waals surface area contributed by atoms with Crippen LogP contribution in [0.5, 0.6) is 0 Å². The zero-order valence-corrected chi connectivity index (χ0v) is 15.7. The molecular weight excluding hydrogens is 417 g/mol. The highest BCUT2D eigenvalue weighted by atomic mass is 35.5. The molecule has 1 aromatic heterocycles. The Kier molecular flexibility index (Phi) is 5.73. The summed E-state index contributed by atoms with van der Waals surface area (Å²) in [6.07, 6.45) is -2.07. The maximum absolute atomic E-state index is 13.1. The first-order valence-corrected chi connectivity index (χ1v) is 9.79. The van der Waals surface area contributed by atoms with Gasteiger partial charge in [-0.25, -0.2) is 18.1 Å². The number of aromatic nitrogens is 3. The molecule has 28 heavy (non-hydrogen) atoms. The van der Waals surface area contributed by atoms with Crippen molar-refractivity contribution in [1.29, 1.82) is 0 Å². The van der Waals surface area contributed by atoms with Crippen molar-refractivity contribution in [2.24, 2.45) is 0 Å². The van der Waals surface area contributed by atoms with E-state index in [-0.39, 0.29) is 6.54 Å². The van der Waals surface area contributed by atoms with Gasteiger partial charge in [-0.05, 0) is 23.8 Å². The van der Waals surface area contributed by atoms with Gasteiger partial charge in [0.05, 0.1) is 28.1 Å². The van der Waals surface area contributed by atoms with Crippen molar-refractivity contribution in [2.45, 2.75) is 23.7 Å². The van der Waals surface area contributed by atoms with E-state index in [0.29, 0.717) is 11.6 Å². The number of halogens is 4. The Morgan fingerprint density at radius 1 is 1.14 bits per heavy atom. The van der Waals surface area contributed by atoms with E-state index in [1.54, 1.807) is 30.3 Å². The number of nitrogens with one attached hydrogen (secondary N) is 1. The van der Waals surface area contributed by atoms with E-state index < -0.39 is 37.7 Å². The lowest BCUT2D eigenvalue weighted by molar-refractivity contribution is -0.137. The number of sulfonamides is 1. The Morgan fingerprint density at radius 2 is 1.86 bits per heavy atom. The highest BCUT2D eigenvalue weighted by molar-refractivity contribution is 7.89. The molecular formula is C17H14ClF3N4O2S. The number of alkyl halides is 3. The molecule has 0 radical (unpaired) electrons. The molecule has 0 unspecified atom stereocenters. The van der Waals surface area contributed by atoms with Gasteiger partial charge in [-0.1, -0.05) is 41.9 Å². The first-order chi connectivity index (χ1) is 13.2. The van der Waals surface area contributed by atoms with Crippen LogP contribution < -0.4 is 4.72 Å². The average Bonchev–Trinajstić information content (AvgIpc) is 3.14. The van der Waals surface area contributed by atoms with E-state index in [4.69, 9.17) is 11.6 Å². The van der Waals surface area contributed by atoms with E-state index in [0.717, 1.165) is 12.1 Å². The van der Waals surface area contributed by atoms with Crippen LogP contribution in [0.15, 0.2) is 66.1 Å². The number of benzene rings is 2. The molecule has 2 aromatic carbocycles. The van der Waals surface area contributed by atoms with Gasteiger partial charge < -0.3 is 0 Å². The lowest BCUT2D eigenvalue weighted by atomic mass is 10.1. The topological polar surface area (TPSA) is 76.9 Å². The van der Waals surface area contributed by atoms with Crippen molar-refractivity contribution >= 4 is 21.6 Å². The van der Waals surface area contributed by atoms with Crippen LogP contribution in [-0.2, 0) is 22.7 Å². The highest BCUT2D eigenvalue weighted by Crippen LogP contribution is 2.36. The van der Waals surface area contributed by atoms with E-state index in [2.05, 4.69) is 14.8 Å². The smallest absolute Gasteiger partial charge is 0.251 e. The Morgan fingerprint density at radius 3 is 2.46 bits per heavy atom. The highest BCUT2D eigenvalue weighted by Gasteiger charge is 2.35. The third-order valence-corrected chi connectivity index (χ3v) is 5.69. The fourth-order valence-electron chi connectivity index (χ4n) is 2.55. The molecule has 0 aliphatic heterocycles. The van der Waals surface area contributed by atoms with Crippen molar-refractivity contribution in [3.8, 4) is 0 Å². The summed E-state index contributed by atoms with van der Waals surface area (Å²) >= 11 is 5.57. The van der Waals surface area contributed by atoms with E-state index in [9.17, 15) is 21.6 Å². The van der Waals surface area contributed by atoms with Gasteiger partial charge in [0.25, 0.3) is 0 Å². The van der Waals surface area contributed by atoms with E-state index >= 15 is 0 Å². The first-order valence-electron chi connectivity index (χ1n) is 7.93. The maximum atomic E-state index is 13.1. The lowest BCUT2D eigenvalue weighted by Gasteiger charge is -2.20. The Hall–Kier alpha value is -2.43. The second-order valence-corrected chi connectivity index (χ2v) is 7.96. The van der Waals surface area contributed by atoms with E-state index in [1.807, 2.05) is 0 Å². The summed E-state index contributed by atoms with van der Waals surface area (Å²) in [7, 11) is -4.28. The monoisotopic (exact) mass is 430 g/mol. The minimum Gasteiger partial charge on any atom is -0.251 e. The normalized spacial score (nSPS) is 13.4. The molecule has 3 rings (SSSR count). The van der Waals surface area contributed by atoms with Gasteiger partial charge in [-0.3, -0.25) is 4.68 Å². The summed E-state index contributed by atoms with van der Waals surface area (Å²) in [4.78, 5) is 3.27. The summed E-state index contributed by atoms with van der Waals surface area (Å²) in [5, 5.41) is 3.37. The molecule has 0 aliphatic carbocycles. The lowest BCUT2D eigenvalue weighted by Crippen LogP contribution is -2.32. The van der Waals surface area contributed by atoms with Crippen molar-refractivity contribution in [1.82, 2.24) is 19.5 Å². The maximum Gasteiger partial charge on any atom is 0.417 e. The fraction of sp³-hybridized carbons (Fsp3) is 0.176. The van der Waals surface area contributed by atoms with Crippen LogP contribution in [0.2, 0.25) is 5.02 Å². The molecule has 0 amide bonds. The molecule has 11 heteroatoms. The number of nitrogens with zero attached hydrogens (tertiary/aromatic N) is 3. The molecule has 148 valence electrons. The van der Waals surface area contributed by atoms with Gasteiger partial charge in [0.2, 0.25) is 10.0 Å². The number of rotatable bonds is 6. The van der Waals surface area contributed by atoms with Gasteiger partial charge in [0.15, 0.2) is 0 Å². The molecule has 0 fully saturated rings. The standard InChI is InChI=1S/C17H14ClF3N4O2S/c18-15-7-6-13(8-14(15)17(19,20)21)28(26,27)24-16(9-25-11-22-10-23-25)12-4-2-1-3-5-12/h1-8,10-11,16,24H,9H2/t16-/m1/s1. The summed E-state index contributed by atoms with van der Waals surface area (Å²) in [6, 6.07) is 10.3. The van der Waals surface area contributed by atoms with Crippen LogP contribution in [0.25, 0.3) is 0 Å². The number of hydrogen-bond acceptors (Lipinski definition) is 4. The molecule has 0 aliphatic rings. The van der Waals surface area contributed by atoms with Gasteiger partial charge >= 0.3 is 6.18 Å². The second kappa shape index (κ2) is 7.90. The molecule has 1 heterocycles. The first kappa shape index (κ1) is 20.3. The zero-order valence-electron chi connectivity index (χ0n) is 14.1. The third-order valence-electron chi connectivity index (χ3n) is 3.89. The summed E-state index contributed by atoms with van der Waals surface area (Å²) in [6.45, 7) is 0.100. The molecule has 3 aromatic rings. The van der Waals surface area contributed by atoms with Crippen molar-refractivity contribution in [3.63, 3.8) is 0 Å². The SMILES string of the molecule is O=S(=O)(N[C@H](Cn1cncn1)c1ccccc1)c1ccc(Cl)c(C(F)(F)F)c1. The predicted octanol–water partition coefficient (Wildman–Crippen LogP) is 3.67. The second-order valence-electron chi connectivity index (χ2n) is 5.84. The van der Waals surface area contributed by atoms with E-state index in [1.165, 1.54) is 17.3 Å². The quantitative estimate of drug-likeness (QED) is 0.647. The molecule has 0 saturated carbocycles. The van der Waals surface area contributed by atoms with Crippen molar-refractivity contribution in [3.05, 3.63) is 77.3 Å². The van der Waals surface area contributed by atoms with Crippen LogP contribution in [-0.4, -0.2) is 23.2 Å². The molecule has 0 spiro atoms. The Labute approximate surface area is 164 Å². The van der Waals surface area contributed by atoms with Crippen LogP contribution in [0.4, 0.5) is 13.2 Å². The Balaban J connectivity index is 1.95. The van der Waals surface area contributed by atoms with Crippen LogP contribution in [0.3, 0.4) is 0 Å². The van der Waals surface area contributed by atoms with Crippen LogP contribution in [0.1, 0.15) is 17.2 Å². The fourth-order valence-corrected chi connectivity index (χ4v) is 4.02. The minimum absolute atomic E-state index is 0.100. The van der Waals surface area contributed by atoms with Gasteiger partial charge in [-0.15, -0.1) is 0 Å². The van der Waals surface area contributed by atoms with Gasteiger partial charge in [-0.2, -0.15) is 18.3 Å². The minimum atomic E-state index is -4.78. The molecule has 1 atom stereocenters.